The van der Waals surface area contributed by atoms with E-state index in [9.17, 15) is 19.5 Å². The number of aliphatic hydroxyl groups is 1. The minimum Gasteiger partial charge on any atom is -0.465 e. The van der Waals surface area contributed by atoms with Crippen LogP contribution in [0.5, 0.6) is 0 Å². The van der Waals surface area contributed by atoms with Gasteiger partial charge in [0.1, 0.15) is 5.60 Å². The highest BCUT2D eigenvalue weighted by atomic mass is 16.6. The van der Waals surface area contributed by atoms with Gasteiger partial charge in [0, 0.05) is 19.6 Å². The van der Waals surface area contributed by atoms with Crippen LogP contribution in [0.25, 0.3) is 0 Å². The Hall–Kier alpha value is -2.03. The van der Waals surface area contributed by atoms with Crippen molar-refractivity contribution in [1.82, 2.24) is 10.2 Å². The zero-order valence-electron chi connectivity index (χ0n) is 17.7. The second-order valence-corrected chi connectivity index (χ2v) is 9.46. The van der Waals surface area contributed by atoms with Gasteiger partial charge in [-0.2, -0.15) is 0 Å². The number of likely N-dealkylation sites (tertiary alicyclic amines) is 1. The molecule has 0 aromatic heterocycles. The van der Waals surface area contributed by atoms with Gasteiger partial charge in [0.05, 0.1) is 18.1 Å². The lowest BCUT2D eigenvalue weighted by molar-refractivity contribution is -0.170. The number of esters is 1. The molecular formula is C19H34N2O7. The quantitative estimate of drug-likeness (QED) is 0.602. The summed E-state index contributed by atoms with van der Waals surface area (Å²) in [6.07, 6.45) is -2.78. The lowest BCUT2D eigenvalue weighted by Crippen LogP contribution is -2.55. The van der Waals surface area contributed by atoms with Crippen LogP contribution in [0.4, 0.5) is 9.59 Å². The summed E-state index contributed by atoms with van der Waals surface area (Å²) in [5, 5.41) is 22.4. The number of ether oxygens (including phenoxy) is 2. The molecule has 162 valence electrons. The first kappa shape index (κ1) is 24.0. The van der Waals surface area contributed by atoms with Gasteiger partial charge in [-0.05, 0) is 39.0 Å². The average Bonchev–Trinajstić information content (AvgIpc) is 2.55. The maximum atomic E-state index is 12.9. The van der Waals surface area contributed by atoms with Crippen molar-refractivity contribution >= 4 is 18.2 Å². The van der Waals surface area contributed by atoms with Crippen molar-refractivity contribution in [2.75, 3.05) is 26.2 Å². The summed E-state index contributed by atoms with van der Waals surface area (Å²) in [4.78, 5) is 37.1. The Labute approximate surface area is 166 Å². The maximum absolute atomic E-state index is 12.9. The number of carboxylic acid groups (broad SMARTS) is 1. The van der Waals surface area contributed by atoms with Crippen LogP contribution in [0.3, 0.4) is 0 Å². The van der Waals surface area contributed by atoms with E-state index < -0.39 is 35.3 Å². The van der Waals surface area contributed by atoms with Crippen molar-refractivity contribution in [1.29, 1.82) is 0 Å². The zero-order chi connectivity index (χ0) is 21.8. The molecule has 0 saturated carbocycles. The van der Waals surface area contributed by atoms with E-state index >= 15 is 0 Å². The summed E-state index contributed by atoms with van der Waals surface area (Å²) < 4.78 is 10.6. The van der Waals surface area contributed by atoms with Crippen LogP contribution < -0.4 is 5.32 Å². The van der Waals surface area contributed by atoms with Crippen molar-refractivity contribution in [3.05, 3.63) is 0 Å². The number of piperidine rings is 1. The molecule has 2 amide bonds. The number of aliphatic hydroxyl groups excluding tert-OH is 1. The number of hydrogen-bond acceptors (Lipinski definition) is 6. The van der Waals surface area contributed by atoms with E-state index in [1.54, 1.807) is 20.8 Å². The molecule has 0 aliphatic carbocycles. The molecule has 0 aromatic rings. The van der Waals surface area contributed by atoms with E-state index in [4.69, 9.17) is 14.6 Å². The Morgan fingerprint density at radius 3 is 2.07 bits per heavy atom. The highest BCUT2D eigenvalue weighted by Crippen LogP contribution is 2.37. The molecule has 1 fully saturated rings. The van der Waals surface area contributed by atoms with Crippen molar-refractivity contribution < 1.29 is 34.1 Å². The van der Waals surface area contributed by atoms with E-state index in [1.807, 2.05) is 20.8 Å². The fraction of sp³-hybridized carbons (Fsp3) is 0.842. The molecular weight excluding hydrogens is 368 g/mol. The van der Waals surface area contributed by atoms with Gasteiger partial charge >= 0.3 is 18.2 Å². The van der Waals surface area contributed by atoms with Gasteiger partial charge in [0.2, 0.25) is 0 Å². The van der Waals surface area contributed by atoms with Crippen LogP contribution in [0.1, 0.15) is 54.4 Å². The third-order valence-electron chi connectivity index (χ3n) is 4.45. The minimum atomic E-state index is -1.29. The van der Waals surface area contributed by atoms with Crippen molar-refractivity contribution in [3.63, 3.8) is 0 Å². The van der Waals surface area contributed by atoms with Crippen LogP contribution in [-0.2, 0) is 14.3 Å². The molecule has 1 aliphatic rings. The average molecular weight is 402 g/mol. The number of nitrogens with zero attached hydrogens (tertiary/aromatic N) is 1. The Morgan fingerprint density at radius 2 is 1.64 bits per heavy atom. The fourth-order valence-corrected chi connectivity index (χ4v) is 2.89. The Bertz CT molecular complexity index is 570. The van der Waals surface area contributed by atoms with Gasteiger partial charge < -0.3 is 29.9 Å². The molecule has 28 heavy (non-hydrogen) atoms. The molecule has 1 atom stereocenters. The fourth-order valence-electron chi connectivity index (χ4n) is 2.89. The van der Waals surface area contributed by atoms with Gasteiger partial charge in [0.25, 0.3) is 0 Å². The highest BCUT2D eigenvalue weighted by Gasteiger charge is 2.49. The molecule has 0 radical (unpaired) electrons. The van der Waals surface area contributed by atoms with Gasteiger partial charge in [-0.25, -0.2) is 9.59 Å². The molecule has 1 saturated heterocycles. The third-order valence-corrected chi connectivity index (χ3v) is 4.45. The Morgan fingerprint density at radius 1 is 1.11 bits per heavy atom. The second-order valence-electron chi connectivity index (χ2n) is 9.46. The Balaban J connectivity index is 2.87. The van der Waals surface area contributed by atoms with E-state index in [-0.39, 0.29) is 44.5 Å². The minimum absolute atomic E-state index is 0.101. The SMILES string of the molecule is CC(C)(C)COC(=O)C1(C(O)CNC(=O)OC(C)(C)C)CCN(C(=O)O)CC1. The number of rotatable bonds is 5. The normalized spacial score (nSPS) is 18.2. The number of hydrogen-bond donors (Lipinski definition) is 3. The zero-order valence-corrected chi connectivity index (χ0v) is 17.7. The topological polar surface area (TPSA) is 125 Å². The van der Waals surface area contributed by atoms with E-state index in [0.717, 1.165) is 0 Å². The number of amides is 2. The summed E-state index contributed by atoms with van der Waals surface area (Å²) in [5.41, 5.74) is -2.23. The molecule has 3 N–H and O–H groups in total. The molecule has 1 heterocycles. The number of carbonyl (C=O) groups excluding carboxylic acids is 2. The Kier molecular flexibility index (Phi) is 7.70. The predicted octanol–water partition coefficient (Wildman–Crippen LogP) is 2.22. The van der Waals surface area contributed by atoms with Crippen LogP contribution >= 0.6 is 0 Å². The van der Waals surface area contributed by atoms with Gasteiger partial charge in [0.15, 0.2) is 0 Å². The van der Waals surface area contributed by atoms with Crippen LogP contribution in [0.15, 0.2) is 0 Å². The summed E-state index contributed by atoms with van der Waals surface area (Å²) in [5.74, 6) is -0.578. The second kappa shape index (κ2) is 8.98. The molecule has 9 nitrogen and oxygen atoms in total. The molecule has 0 bridgehead atoms. The maximum Gasteiger partial charge on any atom is 0.407 e. The van der Waals surface area contributed by atoms with Gasteiger partial charge in [-0.15, -0.1) is 0 Å². The molecule has 0 aromatic carbocycles. The van der Waals surface area contributed by atoms with Crippen LogP contribution in [-0.4, -0.2) is 71.2 Å². The smallest absolute Gasteiger partial charge is 0.407 e. The molecule has 1 aliphatic heterocycles. The largest absolute Gasteiger partial charge is 0.465 e. The summed E-state index contributed by atoms with van der Waals surface area (Å²) >= 11 is 0. The first-order valence-corrected chi connectivity index (χ1v) is 9.46. The summed E-state index contributed by atoms with van der Waals surface area (Å²) in [6.45, 7) is 11.1. The molecule has 1 rings (SSSR count). The first-order valence-electron chi connectivity index (χ1n) is 9.46. The third kappa shape index (κ3) is 7.18. The lowest BCUT2D eigenvalue weighted by atomic mass is 9.73. The van der Waals surface area contributed by atoms with Crippen molar-refractivity contribution in [2.24, 2.45) is 10.8 Å². The number of nitrogens with one attached hydrogen (secondary N) is 1. The standard InChI is InChI=1S/C19H34N2O7/c1-17(2,3)12-27-14(23)19(7-9-21(10-8-19)16(25)26)13(22)11-20-15(24)28-18(4,5)6/h13,22H,7-12H2,1-6H3,(H,20,24)(H,25,26). The van der Waals surface area contributed by atoms with Crippen molar-refractivity contribution in [2.45, 2.75) is 66.1 Å². The lowest BCUT2D eigenvalue weighted by Gasteiger charge is -2.42. The first-order chi connectivity index (χ1) is 12.7. The number of alkyl carbamates (subject to hydrolysis) is 1. The van der Waals surface area contributed by atoms with Crippen LogP contribution in [0, 0.1) is 10.8 Å². The van der Waals surface area contributed by atoms with E-state index in [0.29, 0.717) is 0 Å². The molecule has 1 unspecified atom stereocenters. The molecule has 9 heteroatoms. The van der Waals surface area contributed by atoms with E-state index in [2.05, 4.69) is 5.32 Å². The number of carbonyl (C=O) groups is 3. The van der Waals surface area contributed by atoms with Gasteiger partial charge in [-0.1, -0.05) is 20.8 Å². The highest BCUT2D eigenvalue weighted by molar-refractivity contribution is 5.78. The summed E-state index contributed by atoms with van der Waals surface area (Å²) in [7, 11) is 0. The van der Waals surface area contributed by atoms with E-state index in [1.165, 1.54) is 4.90 Å². The molecule has 0 spiro atoms. The monoisotopic (exact) mass is 402 g/mol. The van der Waals surface area contributed by atoms with Crippen LogP contribution in [0.2, 0.25) is 0 Å². The van der Waals surface area contributed by atoms with Gasteiger partial charge in [-0.3, -0.25) is 4.79 Å². The van der Waals surface area contributed by atoms with Crippen molar-refractivity contribution in [3.8, 4) is 0 Å². The summed E-state index contributed by atoms with van der Waals surface area (Å²) in [6, 6.07) is 0. The predicted molar refractivity (Wildman–Crippen MR) is 102 cm³/mol.